The lowest BCUT2D eigenvalue weighted by Crippen LogP contribution is -2.44. The molecule has 3 N–H and O–H groups in total. The Morgan fingerprint density at radius 2 is 1.91 bits per heavy atom. The number of nitrogen functional groups attached to an aromatic ring is 1. The van der Waals surface area contributed by atoms with Crippen LogP contribution in [0.1, 0.15) is 30.9 Å². The summed E-state index contributed by atoms with van der Waals surface area (Å²) < 4.78 is 11.3. The van der Waals surface area contributed by atoms with Crippen molar-refractivity contribution in [2.24, 2.45) is 0 Å². The van der Waals surface area contributed by atoms with Crippen LogP contribution in [0.25, 0.3) is 6.08 Å². The highest BCUT2D eigenvalue weighted by atomic mass is 16.5. The van der Waals surface area contributed by atoms with E-state index in [4.69, 9.17) is 15.2 Å². The van der Waals surface area contributed by atoms with Gasteiger partial charge in [0.15, 0.2) is 12.3 Å². The van der Waals surface area contributed by atoms with Gasteiger partial charge in [0.1, 0.15) is 5.82 Å². The number of nitrogens with one attached hydrogen (secondary N) is 1. The van der Waals surface area contributed by atoms with Crippen molar-refractivity contribution in [2.75, 3.05) is 37.5 Å². The Hall–Kier alpha value is -3.66. The van der Waals surface area contributed by atoms with Crippen molar-refractivity contribution in [2.45, 2.75) is 33.2 Å². The third kappa shape index (κ3) is 7.18. The zero-order chi connectivity index (χ0) is 24.4. The fourth-order valence-electron chi connectivity index (χ4n) is 3.02. The van der Waals surface area contributed by atoms with E-state index >= 15 is 0 Å². The maximum Gasteiger partial charge on any atom is 0.331 e. The molecule has 33 heavy (non-hydrogen) atoms. The Kier molecular flexibility index (Phi) is 9.62. The molecule has 0 saturated heterocycles. The van der Waals surface area contributed by atoms with E-state index in [1.54, 1.807) is 6.08 Å². The summed E-state index contributed by atoms with van der Waals surface area (Å²) in [6.45, 7) is 3.65. The molecule has 10 heteroatoms. The number of aromatic amines is 1. The van der Waals surface area contributed by atoms with Crippen LogP contribution < -0.4 is 21.9 Å². The number of unbranched alkanes of at least 4 members (excludes halogenated alkanes) is 1. The van der Waals surface area contributed by atoms with Crippen LogP contribution in [0.2, 0.25) is 0 Å². The van der Waals surface area contributed by atoms with Gasteiger partial charge in [-0.3, -0.25) is 24.0 Å². The predicted molar refractivity (Wildman–Crippen MR) is 126 cm³/mol. The number of H-pyrrole nitrogens is 1. The smallest absolute Gasteiger partial charge is 0.331 e. The molecule has 0 spiro atoms. The van der Waals surface area contributed by atoms with E-state index in [1.165, 1.54) is 17.8 Å². The Morgan fingerprint density at radius 3 is 2.55 bits per heavy atom. The molecule has 1 aromatic carbocycles. The van der Waals surface area contributed by atoms with E-state index in [2.05, 4.69) is 4.98 Å². The maximum absolute atomic E-state index is 12.9. The third-order valence-corrected chi connectivity index (χ3v) is 4.87. The van der Waals surface area contributed by atoms with Crippen molar-refractivity contribution in [3.8, 4) is 0 Å². The van der Waals surface area contributed by atoms with Gasteiger partial charge in [-0.15, -0.1) is 0 Å². The van der Waals surface area contributed by atoms with E-state index in [9.17, 15) is 19.2 Å². The minimum absolute atomic E-state index is 0.0225. The minimum Gasteiger partial charge on any atom is -0.452 e. The first-order valence-corrected chi connectivity index (χ1v) is 10.6. The first kappa shape index (κ1) is 25.6. The summed E-state index contributed by atoms with van der Waals surface area (Å²) in [5.74, 6) is -1.53. The first-order chi connectivity index (χ1) is 15.8. The van der Waals surface area contributed by atoms with E-state index in [0.29, 0.717) is 6.42 Å². The van der Waals surface area contributed by atoms with Crippen LogP contribution in [0.5, 0.6) is 0 Å². The van der Waals surface area contributed by atoms with E-state index < -0.39 is 29.7 Å². The van der Waals surface area contributed by atoms with E-state index in [1.807, 2.05) is 38.1 Å². The van der Waals surface area contributed by atoms with Gasteiger partial charge in [0.05, 0.1) is 6.61 Å². The van der Waals surface area contributed by atoms with Crippen LogP contribution in [-0.2, 0) is 25.6 Å². The molecule has 2 aromatic rings. The van der Waals surface area contributed by atoms with Gasteiger partial charge in [-0.25, -0.2) is 9.59 Å². The summed E-state index contributed by atoms with van der Waals surface area (Å²) in [6.07, 6.45) is 4.25. The Labute approximate surface area is 191 Å². The van der Waals surface area contributed by atoms with Crippen molar-refractivity contribution < 1.29 is 19.1 Å². The Balaban J connectivity index is 2.20. The predicted octanol–water partition coefficient (Wildman–Crippen LogP) is 1.46. The fourth-order valence-corrected chi connectivity index (χ4v) is 3.02. The molecule has 0 aliphatic rings. The topological polar surface area (TPSA) is 137 Å². The molecule has 0 bridgehead atoms. The quantitative estimate of drug-likeness (QED) is 0.384. The van der Waals surface area contributed by atoms with Gasteiger partial charge in [-0.1, -0.05) is 43.2 Å². The number of hydrogen-bond donors (Lipinski definition) is 2. The molecule has 0 aliphatic carbocycles. The zero-order valence-corrected chi connectivity index (χ0v) is 19.1. The molecular weight excluding hydrogens is 428 g/mol. The van der Waals surface area contributed by atoms with Crippen molar-refractivity contribution in [1.82, 2.24) is 9.55 Å². The summed E-state index contributed by atoms with van der Waals surface area (Å²) in [5, 5.41) is 0. The van der Waals surface area contributed by atoms with Crippen molar-refractivity contribution in [3.05, 3.63) is 62.3 Å². The number of esters is 1. The number of aromatic nitrogens is 2. The summed E-state index contributed by atoms with van der Waals surface area (Å²) >= 11 is 0. The first-order valence-electron chi connectivity index (χ1n) is 10.6. The molecule has 0 radical (unpaired) electrons. The van der Waals surface area contributed by atoms with Crippen molar-refractivity contribution in [3.63, 3.8) is 0 Å². The molecular formula is C23H30N4O6. The highest BCUT2D eigenvalue weighted by Gasteiger charge is 2.24. The van der Waals surface area contributed by atoms with Crippen LogP contribution >= 0.6 is 0 Å². The molecule has 1 heterocycles. The number of aryl methyl sites for hydroxylation is 1. The zero-order valence-electron chi connectivity index (χ0n) is 19.1. The lowest BCUT2D eigenvalue weighted by molar-refractivity contribution is -0.142. The molecule has 1 aromatic heterocycles. The van der Waals surface area contributed by atoms with Crippen molar-refractivity contribution in [1.29, 1.82) is 0 Å². The molecule has 2 rings (SSSR count). The molecule has 10 nitrogen and oxygen atoms in total. The number of rotatable bonds is 11. The average Bonchev–Trinajstić information content (AvgIpc) is 2.79. The number of hydrogen-bond acceptors (Lipinski definition) is 7. The highest BCUT2D eigenvalue weighted by molar-refractivity contribution is 5.98. The molecule has 0 saturated carbocycles. The van der Waals surface area contributed by atoms with Crippen LogP contribution in [0.3, 0.4) is 0 Å². The average molecular weight is 459 g/mol. The number of nitrogens with zero attached hydrogens (tertiary/aromatic N) is 2. The van der Waals surface area contributed by atoms with Gasteiger partial charge in [0.25, 0.3) is 11.5 Å². The van der Waals surface area contributed by atoms with Crippen molar-refractivity contribution >= 4 is 29.5 Å². The number of carbonyl (C=O) groups excluding carboxylic acids is 2. The van der Waals surface area contributed by atoms with Crippen LogP contribution in [0, 0.1) is 6.92 Å². The monoisotopic (exact) mass is 458 g/mol. The molecule has 1 amide bonds. The number of anilines is 2. The number of carbonyl (C=O) groups is 2. The highest BCUT2D eigenvalue weighted by Crippen LogP contribution is 2.17. The second-order valence-electron chi connectivity index (χ2n) is 7.39. The number of ether oxygens (including phenoxy) is 2. The van der Waals surface area contributed by atoms with Crippen LogP contribution in [-0.4, -0.2) is 48.3 Å². The standard InChI is InChI=1S/C23H30N4O6/c1-4-5-12-27-21(24)20(22(30)25-23(27)31)26(13-14-32-3)18(28)15-33-19(29)11-10-17-8-6-16(2)7-9-17/h6-11H,4-5,12-15,24H2,1-3H3,(H,25,30,31)/b11-10+. The second-order valence-corrected chi connectivity index (χ2v) is 7.39. The number of methoxy groups -OCH3 is 1. The van der Waals surface area contributed by atoms with Gasteiger partial charge in [0, 0.05) is 26.3 Å². The van der Waals surface area contributed by atoms with Gasteiger partial charge in [-0.05, 0) is 25.0 Å². The van der Waals surface area contributed by atoms with Crippen LogP contribution in [0.4, 0.5) is 11.5 Å². The van der Waals surface area contributed by atoms with E-state index in [-0.39, 0.29) is 31.2 Å². The fraction of sp³-hybridized carbons (Fsp3) is 0.391. The largest absolute Gasteiger partial charge is 0.452 e. The molecule has 178 valence electrons. The second kappa shape index (κ2) is 12.4. The normalized spacial score (nSPS) is 11.0. The van der Waals surface area contributed by atoms with Crippen LogP contribution in [0.15, 0.2) is 39.9 Å². The van der Waals surface area contributed by atoms with Gasteiger partial charge >= 0.3 is 11.7 Å². The minimum atomic E-state index is -0.805. The third-order valence-electron chi connectivity index (χ3n) is 4.87. The summed E-state index contributed by atoms with van der Waals surface area (Å²) in [6, 6.07) is 7.51. The molecule has 0 aliphatic heterocycles. The maximum atomic E-state index is 12.9. The lowest BCUT2D eigenvalue weighted by atomic mass is 10.1. The summed E-state index contributed by atoms with van der Waals surface area (Å²) in [4.78, 5) is 52.9. The molecule has 0 fully saturated rings. The number of benzene rings is 1. The summed E-state index contributed by atoms with van der Waals surface area (Å²) in [5.41, 5.74) is 6.36. The molecule has 0 unspecified atom stereocenters. The SMILES string of the molecule is CCCCn1c(N)c(N(CCOC)C(=O)COC(=O)/C=C/c2ccc(C)cc2)c(=O)[nH]c1=O. The Bertz CT molecular complexity index is 1100. The Morgan fingerprint density at radius 1 is 1.21 bits per heavy atom. The van der Waals surface area contributed by atoms with Gasteiger partial charge in [-0.2, -0.15) is 0 Å². The number of amides is 1. The van der Waals surface area contributed by atoms with Gasteiger partial charge < -0.3 is 15.2 Å². The van der Waals surface area contributed by atoms with Gasteiger partial charge in [0.2, 0.25) is 0 Å². The number of nitrogens with two attached hydrogens (primary N) is 1. The molecule has 0 atom stereocenters. The lowest BCUT2D eigenvalue weighted by Gasteiger charge is -2.24. The van der Waals surface area contributed by atoms with E-state index in [0.717, 1.165) is 22.4 Å². The summed E-state index contributed by atoms with van der Waals surface area (Å²) in [7, 11) is 1.44.